The van der Waals surface area contributed by atoms with Crippen LogP contribution in [0, 0.1) is 5.92 Å². The Bertz CT molecular complexity index is 830. The van der Waals surface area contributed by atoms with Crippen LogP contribution in [0.4, 0.5) is 5.95 Å². The number of Topliss-reactive ketones (excluding diaryl/α,β-unsaturated/α-hetero) is 1. The topological polar surface area (TPSA) is 69.0 Å². The molecule has 1 aromatic heterocycles. The maximum Gasteiger partial charge on any atom is 0.227 e. The quantitative estimate of drug-likeness (QED) is 0.865. The van der Waals surface area contributed by atoms with Crippen LogP contribution in [0.25, 0.3) is 0 Å². The summed E-state index contributed by atoms with van der Waals surface area (Å²) in [6.45, 7) is 0. The van der Waals surface area contributed by atoms with Crippen molar-refractivity contribution in [2.45, 2.75) is 24.0 Å². The van der Waals surface area contributed by atoms with Crippen molar-refractivity contribution >= 4 is 23.5 Å². The number of rotatable bonds is 3. The number of carbonyl (C=O) groups is 1. The van der Waals surface area contributed by atoms with Gasteiger partial charge in [-0.25, -0.2) is 4.68 Å². The van der Waals surface area contributed by atoms with E-state index in [9.17, 15) is 4.79 Å². The standard InChI is InChI=1S/C17H18N4O2S/c1-23-11-6-3-5-10(9-11)15-14-12(7-4-8-13(14)22)18-16-19-17(24-2)20-21(15)16/h3,5-7,9,14-15H,4,8H2,1-2H3,(H,18,19,20)/t14-,15-/m1/s1. The minimum atomic E-state index is -0.255. The number of benzene rings is 1. The fourth-order valence-corrected chi connectivity index (χ4v) is 3.75. The molecule has 0 unspecified atom stereocenters. The minimum Gasteiger partial charge on any atom is -0.497 e. The van der Waals surface area contributed by atoms with E-state index < -0.39 is 0 Å². The first-order chi connectivity index (χ1) is 11.7. The van der Waals surface area contributed by atoms with Gasteiger partial charge in [-0.2, -0.15) is 4.98 Å². The SMILES string of the molecule is COc1cccc([C@@H]2[C@H]3C(=O)CCC=C3Nc3nc(SC)nn32)c1. The van der Waals surface area contributed by atoms with Crippen LogP contribution in [0.2, 0.25) is 0 Å². The molecule has 2 atom stereocenters. The number of thioether (sulfide) groups is 1. The Hall–Kier alpha value is -2.28. The van der Waals surface area contributed by atoms with Crippen LogP contribution in [-0.2, 0) is 4.79 Å². The Balaban J connectivity index is 1.89. The highest BCUT2D eigenvalue weighted by molar-refractivity contribution is 7.98. The summed E-state index contributed by atoms with van der Waals surface area (Å²) in [4.78, 5) is 17.2. The Kier molecular flexibility index (Phi) is 3.80. The van der Waals surface area contributed by atoms with Crippen LogP contribution < -0.4 is 10.1 Å². The van der Waals surface area contributed by atoms with Crippen molar-refractivity contribution in [1.29, 1.82) is 0 Å². The molecular formula is C17H18N4O2S. The third-order valence-corrected chi connectivity index (χ3v) is 5.04. The molecule has 1 aliphatic heterocycles. The van der Waals surface area contributed by atoms with Gasteiger partial charge < -0.3 is 10.1 Å². The number of anilines is 1. The van der Waals surface area contributed by atoms with Crippen LogP contribution in [0.1, 0.15) is 24.4 Å². The Morgan fingerprint density at radius 1 is 1.42 bits per heavy atom. The second kappa shape index (κ2) is 5.98. The number of carbonyl (C=O) groups excluding carboxylic acids is 1. The molecule has 124 valence electrons. The van der Waals surface area contributed by atoms with Gasteiger partial charge in [0.2, 0.25) is 11.1 Å². The fourth-order valence-electron chi connectivity index (χ4n) is 3.40. The summed E-state index contributed by atoms with van der Waals surface area (Å²) in [5, 5.41) is 8.58. The number of fused-ring (bicyclic) bond motifs is 2. The molecule has 7 heteroatoms. The second-order valence-electron chi connectivity index (χ2n) is 5.86. The van der Waals surface area contributed by atoms with Crippen LogP contribution in [0.5, 0.6) is 5.75 Å². The number of allylic oxidation sites excluding steroid dienone is 2. The molecule has 2 aromatic rings. The van der Waals surface area contributed by atoms with Crippen molar-refractivity contribution in [2.24, 2.45) is 5.92 Å². The maximum absolute atomic E-state index is 12.7. The molecule has 4 rings (SSSR count). The van der Waals surface area contributed by atoms with E-state index in [1.54, 1.807) is 7.11 Å². The van der Waals surface area contributed by atoms with Gasteiger partial charge in [0.1, 0.15) is 11.5 Å². The Labute approximate surface area is 144 Å². The number of methoxy groups -OCH3 is 1. The highest BCUT2D eigenvalue weighted by Gasteiger charge is 2.41. The van der Waals surface area contributed by atoms with Crippen molar-refractivity contribution in [3.8, 4) is 5.75 Å². The van der Waals surface area contributed by atoms with Gasteiger partial charge in [0.15, 0.2) is 0 Å². The van der Waals surface area contributed by atoms with Crippen molar-refractivity contribution in [3.63, 3.8) is 0 Å². The van der Waals surface area contributed by atoms with Gasteiger partial charge in [-0.3, -0.25) is 4.79 Å². The van der Waals surface area contributed by atoms with E-state index in [0.717, 1.165) is 23.4 Å². The summed E-state index contributed by atoms with van der Waals surface area (Å²) in [6.07, 6.45) is 5.39. The van der Waals surface area contributed by atoms with Gasteiger partial charge in [-0.1, -0.05) is 30.0 Å². The summed E-state index contributed by atoms with van der Waals surface area (Å²) < 4.78 is 7.20. The van der Waals surface area contributed by atoms with Crippen molar-refractivity contribution in [3.05, 3.63) is 41.6 Å². The third kappa shape index (κ3) is 2.39. The average molecular weight is 342 g/mol. The van der Waals surface area contributed by atoms with Crippen molar-refractivity contribution in [2.75, 3.05) is 18.7 Å². The van der Waals surface area contributed by atoms with E-state index in [-0.39, 0.29) is 17.7 Å². The summed E-state index contributed by atoms with van der Waals surface area (Å²) in [5.41, 5.74) is 1.94. The molecule has 6 nitrogen and oxygen atoms in total. The van der Waals surface area contributed by atoms with Crippen LogP contribution in [0.3, 0.4) is 0 Å². The summed E-state index contributed by atoms with van der Waals surface area (Å²) in [5.74, 6) is 1.44. The zero-order valence-electron chi connectivity index (χ0n) is 13.5. The maximum atomic E-state index is 12.7. The van der Waals surface area contributed by atoms with Crippen molar-refractivity contribution < 1.29 is 9.53 Å². The van der Waals surface area contributed by atoms with Gasteiger partial charge in [0.25, 0.3) is 0 Å². The molecule has 0 saturated carbocycles. The van der Waals surface area contributed by atoms with E-state index in [0.29, 0.717) is 17.5 Å². The largest absolute Gasteiger partial charge is 0.497 e. The van der Waals surface area contributed by atoms with Gasteiger partial charge in [-0.15, -0.1) is 5.10 Å². The summed E-state index contributed by atoms with van der Waals surface area (Å²) >= 11 is 1.49. The number of aromatic nitrogens is 3. The molecule has 0 bridgehead atoms. The number of hydrogen-bond donors (Lipinski definition) is 1. The number of nitrogens with one attached hydrogen (secondary N) is 1. The van der Waals surface area contributed by atoms with Gasteiger partial charge in [0.05, 0.1) is 19.1 Å². The van der Waals surface area contributed by atoms with Gasteiger partial charge in [0, 0.05) is 12.1 Å². The second-order valence-corrected chi connectivity index (χ2v) is 6.63. The lowest BCUT2D eigenvalue weighted by molar-refractivity contribution is -0.123. The lowest BCUT2D eigenvalue weighted by Crippen LogP contribution is -2.38. The smallest absolute Gasteiger partial charge is 0.227 e. The monoisotopic (exact) mass is 342 g/mol. The molecule has 0 spiro atoms. The van der Waals surface area contributed by atoms with Crippen LogP contribution in [-0.4, -0.2) is 33.9 Å². The zero-order valence-corrected chi connectivity index (χ0v) is 14.3. The average Bonchev–Trinajstić information content (AvgIpc) is 3.03. The zero-order chi connectivity index (χ0) is 16.7. The predicted molar refractivity (Wildman–Crippen MR) is 92.4 cm³/mol. The Morgan fingerprint density at radius 3 is 3.08 bits per heavy atom. The van der Waals surface area contributed by atoms with E-state index in [4.69, 9.17) is 4.74 Å². The number of hydrogen-bond acceptors (Lipinski definition) is 6. The first-order valence-corrected chi connectivity index (χ1v) is 9.08. The normalized spacial score (nSPS) is 22.2. The molecule has 0 amide bonds. The lowest BCUT2D eigenvalue weighted by atomic mass is 9.81. The molecule has 0 saturated heterocycles. The summed E-state index contributed by atoms with van der Waals surface area (Å²) in [6, 6.07) is 7.63. The number of ether oxygens (including phenoxy) is 1. The highest BCUT2D eigenvalue weighted by atomic mass is 32.2. The van der Waals surface area contributed by atoms with Crippen LogP contribution >= 0.6 is 11.8 Å². The predicted octanol–water partition coefficient (Wildman–Crippen LogP) is 2.89. The summed E-state index contributed by atoms with van der Waals surface area (Å²) in [7, 11) is 1.64. The molecule has 24 heavy (non-hydrogen) atoms. The number of nitrogens with zero attached hydrogens (tertiary/aromatic N) is 3. The molecule has 1 aliphatic carbocycles. The fraction of sp³-hybridized carbons (Fsp3) is 0.353. The third-order valence-electron chi connectivity index (χ3n) is 4.50. The molecule has 2 heterocycles. The number of ketones is 1. The lowest BCUT2D eigenvalue weighted by Gasteiger charge is -2.36. The molecule has 0 radical (unpaired) electrons. The van der Waals surface area contributed by atoms with E-state index >= 15 is 0 Å². The van der Waals surface area contributed by atoms with E-state index in [1.165, 1.54) is 11.8 Å². The van der Waals surface area contributed by atoms with Gasteiger partial charge >= 0.3 is 0 Å². The van der Waals surface area contributed by atoms with Gasteiger partial charge in [-0.05, 0) is 30.4 Å². The first-order valence-electron chi connectivity index (χ1n) is 7.85. The first kappa shape index (κ1) is 15.3. The van der Waals surface area contributed by atoms with E-state index in [2.05, 4.69) is 21.5 Å². The molecule has 1 N–H and O–H groups in total. The molecular weight excluding hydrogens is 324 g/mol. The van der Waals surface area contributed by atoms with Crippen LogP contribution in [0.15, 0.2) is 41.2 Å². The Morgan fingerprint density at radius 2 is 2.29 bits per heavy atom. The van der Waals surface area contributed by atoms with Crippen molar-refractivity contribution in [1.82, 2.24) is 14.8 Å². The molecule has 0 fully saturated rings. The highest BCUT2D eigenvalue weighted by Crippen LogP contribution is 2.42. The molecule has 1 aromatic carbocycles. The molecule has 2 aliphatic rings. The minimum absolute atomic E-state index is 0.205. The van der Waals surface area contributed by atoms with E-state index in [1.807, 2.05) is 35.2 Å².